The predicted molar refractivity (Wildman–Crippen MR) is 143 cm³/mol. The van der Waals surface area contributed by atoms with E-state index in [1.54, 1.807) is 19.1 Å². The molecule has 1 heterocycles. The minimum atomic E-state index is -0.280. The van der Waals surface area contributed by atoms with Gasteiger partial charge in [-0.25, -0.2) is 0 Å². The number of allylic oxidation sites excluding steroid dienone is 1. The fourth-order valence-corrected chi connectivity index (χ4v) is 4.23. The van der Waals surface area contributed by atoms with E-state index in [0.29, 0.717) is 16.9 Å². The van der Waals surface area contributed by atoms with Gasteiger partial charge in [-0.2, -0.15) is 0 Å². The van der Waals surface area contributed by atoms with Crippen LogP contribution in [0.3, 0.4) is 0 Å². The molecule has 2 amide bonds. The molecule has 1 aromatic heterocycles. The number of aromatic nitrogens is 1. The second kappa shape index (κ2) is 9.66. The molecule has 0 aliphatic heterocycles. The minimum absolute atomic E-state index is 0.0253. The van der Waals surface area contributed by atoms with Gasteiger partial charge in [-0.05, 0) is 61.2 Å². The summed E-state index contributed by atoms with van der Waals surface area (Å²) in [5.41, 5.74) is 10.7. The fourth-order valence-electron chi connectivity index (χ4n) is 4.23. The molecule has 0 saturated carbocycles. The van der Waals surface area contributed by atoms with Crippen LogP contribution in [0.4, 0.5) is 5.69 Å². The quantitative estimate of drug-likeness (QED) is 0.244. The summed E-state index contributed by atoms with van der Waals surface area (Å²) in [5.74, 6) is -0.547. The second-order valence-electron chi connectivity index (χ2n) is 9.72. The highest BCUT2D eigenvalue weighted by Crippen LogP contribution is 2.31. The third-order valence-corrected chi connectivity index (χ3v) is 6.09. The van der Waals surface area contributed by atoms with Gasteiger partial charge in [-0.3, -0.25) is 15.0 Å². The van der Waals surface area contributed by atoms with Crippen molar-refractivity contribution in [1.29, 1.82) is 0 Å². The van der Waals surface area contributed by atoms with Crippen LogP contribution in [-0.4, -0.2) is 16.4 Å². The average Bonchev–Trinajstić information content (AvgIpc) is 3.15. The van der Waals surface area contributed by atoms with Crippen LogP contribution < -0.4 is 16.2 Å². The Balaban J connectivity index is 1.41. The van der Waals surface area contributed by atoms with Gasteiger partial charge >= 0.3 is 0 Å². The number of anilines is 1. The largest absolute Gasteiger partial charge is 0.341 e. The number of nitrogens with zero attached hydrogens (tertiary/aromatic N) is 1. The zero-order valence-electron chi connectivity index (χ0n) is 20.9. The van der Waals surface area contributed by atoms with Crippen molar-refractivity contribution in [1.82, 2.24) is 15.4 Å². The second-order valence-corrected chi connectivity index (χ2v) is 9.72. The molecule has 180 valence electrons. The van der Waals surface area contributed by atoms with Crippen LogP contribution in [0.5, 0.6) is 0 Å². The molecule has 0 spiro atoms. The number of fused-ring (bicyclic) bond motifs is 3. The molecule has 3 aromatic carbocycles. The van der Waals surface area contributed by atoms with Crippen LogP contribution >= 0.6 is 0 Å². The molecule has 0 aliphatic carbocycles. The van der Waals surface area contributed by atoms with E-state index in [2.05, 4.69) is 60.6 Å². The van der Waals surface area contributed by atoms with Gasteiger partial charge in [-0.1, -0.05) is 51.1 Å². The first-order chi connectivity index (χ1) is 16.7. The molecule has 0 atom stereocenters. The Bertz CT molecular complexity index is 1420. The fraction of sp³-hybridized carbons (Fsp3) is 0.241. The lowest BCUT2D eigenvalue weighted by molar-refractivity contribution is -0.112. The summed E-state index contributed by atoms with van der Waals surface area (Å²) >= 11 is 0. The number of amides is 2. The standard InChI is InChI=1S/C29H32N4O2/c1-6-33-25-10-8-7-9-23(25)24-18-22(15-16-26(24)33)30-27(34)17-19(2)31-32-28(35)20-11-13-21(14-12-20)29(3,4)5/h7-18,31H,6H2,1-5H3,(H,30,34)(H,32,35). The predicted octanol–water partition coefficient (Wildman–Crippen LogP) is 5.89. The molecular formula is C29H32N4O2. The molecule has 0 aliphatic rings. The van der Waals surface area contributed by atoms with Crippen molar-refractivity contribution < 1.29 is 9.59 Å². The Morgan fingerprint density at radius 2 is 1.57 bits per heavy atom. The summed E-state index contributed by atoms with van der Waals surface area (Å²) in [5, 5.41) is 5.18. The molecule has 0 saturated heterocycles. The Morgan fingerprint density at radius 3 is 2.26 bits per heavy atom. The van der Waals surface area contributed by atoms with E-state index in [1.165, 1.54) is 11.6 Å². The third kappa shape index (κ3) is 5.22. The lowest BCUT2D eigenvalue weighted by Gasteiger charge is -2.19. The number of hydrogen-bond acceptors (Lipinski definition) is 3. The van der Waals surface area contributed by atoms with Gasteiger partial charge in [0.15, 0.2) is 0 Å². The van der Waals surface area contributed by atoms with Crippen molar-refractivity contribution in [2.45, 2.75) is 46.6 Å². The number of carbonyl (C=O) groups excluding carboxylic acids is 2. The Labute approximate surface area is 206 Å². The maximum absolute atomic E-state index is 12.6. The van der Waals surface area contributed by atoms with Crippen molar-refractivity contribution in [2.24, 2.45) is 0 Å². The third-order valence-electron chi connectivity index (χ3n) is 6.09. The van der Waals surface area contributed by atoms with E-state index in [9.17, 15) is 9.59 Å². The molecule has 6 heteroatoms. The number of nitrogens with one attached hydrogen (secondary N) is 3. The Morgan fingerprint density at radius 1 is 0.886 bits per heavy atom. The smallest absolute Gasteiger partial charge is 0.269 e. The monoisotopic (exact) mass is 468 g/mol. The molecule has 6 nitrogen and oxygen atoms in total. The number of rotatable bonds is 6. The van der Waals surface area contributed by atoms with Crippen molar-refractivity contribution >= 4 is 39.3 Å². The van der Waals surface area contributed by atoms with E-state index in [-0.39, 0.29) is 17.2 Å². The number of aryl methyl sites for hydroxylation is 1. The summed E-state index contributed by atoms with van der Waals surface area (Å²) in [7, 11) is 0. The summed E-state index contributed by atoms with van der Waals surface area (Å²) in [6.45, 7) is 11.1. The number of benzene rings is 3. The van der Waals surface area contributed by atoms with Gasteiger partial charge in [0.2, 0.25) is 5.91 Å². The normalized spacial score (nSPS) is 12.1. The highest BCUT2D eigenvalue weighted by Gasteiger charge is 2.14. The number of carbonyl (C=O) groups is 2. The van der Waals surface area contributed by atoms with Crippen LogP contribution in [0.15, 0.2) is 78.5 Å². The summed E-state index contributed by atoms with van der Waals surface area (Å²) in [4.78, 5) is 25.0. The van der Waals surface area contributed by atoms with Crippen LogP contribution in [0.25, 0.3) is 21.8 Å². The summed E-state index contributed by atoms with van der Waals surface area (Å²) in [6, 6.07) is 21.7. The molecule has 35 heavy (non-hydrogen) atoms. The molecule has 3 N–H and O–H groups in total. The first kappa shape index (κ1) is 24.1. The summed E-state index contributed by atoms with van der Waals surface area (Å²) in [6.07, 6.45) is 1.42. The van der Waals surface area contributed by atoms with Gasteiger partial charge < -0.3 is 15.3 Å². The van der Waals surface area contributed by atoms with Gasteiger partial charge in [0.05, 0.1) is 0 Å². The van der Waals surface area contributed by atoms with Crippen LogP contribution in [0.2, 0.25) is 0 Å². The molecule has 0 fully saturated rings. The van der Waals surface area contributed by atoms with Crippen molar-refractivity contribution in [3.05, 3.63) is 89.6 Å². The van der Waals surface area contributed by atoms with E-state index < -0.39 is 0 Å². The maximum atomic E-state index is 12.6. The molecule has 0 bridgehead atoms. The first-order valence-corrected chi connectivity index (χ1v) is 11.8. The van der Waals surface area contributed by atoms with Crippen molar-refractivity contribution in [2.75, 3.05) is 5.32 Å². The molecule has 4 rings (SSSR count). The molecule has 0 unspecified atom stereocenters. The lowest BCUT2D eigenvalue weighted by atomic mass is 9.87. The molecular weight excluding hydrogens is 436 g/mol. The van der Waals surface area contributed by atoms with Crippen molar-refractivity contribution in [3.8, 4) is 0 Å². The number of hydrogen-bond donors (Lipinski definition) is 3. The maximum Gasteiger partial charge on any atom is 0.269 e. The van der Waals surface area contributed by atoms with E-state index in [0.717, 1.165) is 28.4 Å². The lowest BCUT2D eigenvalue weighted by Crippen LogP contribution is -2.36. The van der Waals surface area contributed by atoms with E-state index >= 15 is 0 Å². The van der Waals surface area contributed by atoms with Gasteiger partial charge in [0, 0.05) is 51.4 Å². The summed E-state index contributed by atoms with van der Waals surface area (Å²) < 4.78 is 2.27. The van der Waals surface area contributed by atoms with E-state index in [1.807, 2.05) is 42.5 Å². The van der Waals surface area contributed by atoms with Gasteiger partial charge in [0.1, 0.15) is 0 Å². The van der Waals surface area contributed by atoms with Crippen LogP contribution in [0.1, 0.15) is 50.5 Å². The zero-order chi connectivity index (χ0) is 25.2. The van der Waals surface area contributed by atoms with Gasteiger partial charge in [-0.15, -0.1) is 0 Å². The van der Waals surface area contributed by atoms with E-state index in [4.69, 9.17) is 0 Å². The SMILES string of the molecule is CCn1c2ccccc2c2cc(NC(=O)C=C(C)NNC(=O)c3ccc(C(C)(C)C)cc3)ccc21. The molecule has 4 aromatic rings. The van der Waals surface area contributed by atoms with Crippen molar-refractivity contribution in [3.63, 3.8) is 0 Å². The van der Waals surface area contributed by atoms with Gasteiger partial charge in [0.25, 0.3) is 5.91 Å². The highest BCUT2D eigenvalue weighted by atomic mass is 16.2. The van der Waals surface area contributed by atoms with Crippen LogP contribution in [0, 0.1) is 0 Å². The topological polar surface area (TPSA) is 75.2 Å². The number of hydrazine groups is 1. The molecule has 0 radical (unpaired) electrons. The number of para-hydroxylation sites is 1. The highest BCUT2D eigenvalue weighted by molar-refractivity contribution is 6.10. The average molecular weight is 469 g/mol. The first-order valence-electron chi connectivity index (χ1n) is 11.8. The zero-order valence-corrected chi connectivity index (χ0v) is 20.9. The minimum Gasteiger partial charge on any atom is -0.341 e. The Hall–Kier alpha value is -4.06. The van der Waals surface area contributed by atoms with Crippen LogP contribution in [-0.2, 0) is 16.8 Å². The Kier molecular flexibility index (Phi) is 6.65.